The monoisotopic (exact) mass is 336 g/mol. The molecular weight excluding hydrogens is 321 g/mol. The molecule has 9 heteroatoms. The zero-order valence-corrected chi connectivity index (χ0v) is 12.6. The van der Waals surface area contributed by atoms with Crippen LogP contribution in [-0.2, 0) is 16.0 Å². The van der Waals surface area contributed by atoms with Gasteiger partial charge in [0.2, 0.25) is 0 Å². The highest BCUT2D eigenvalue weighted by molar-refractivity contribution is 7.92. The lowest BCUT2D eigenvalue weighted by molar-refractivity contribution is -0.141. The highest BCUT2D eigenvalue weighted by Gasteiger charge is 2.38. The molecule has 2 rings (SSSR count). The molecule has 1 atom stereocenters. The molecule has 5 nitrogen and oxygen atoms in total. The molecule has 0 N–H and O–H groups in total. The minimum Gasteiger partial charge on any atom is -0.338 e. The number of rotatable bonds is 1. The fraction of sp³-hybridized carbons (Fsp3) is 0.538. The van der Waals surface area contributed by atoms with E-state index in [9.17, 15) is 26.4 Å². The van der Waals surface area contributed by atoms with Crippen LogP contribution in [0, 0.1) is 0 Å². The first-order valence-corrected chi connectivity index (χ1v) is 8.37. The Kier molecular flexibility index (Phi) is 4.46. The van der Waals surface area contributed by atoms with E-state index >= 15 is 0 Å². The van der Waals surface area contributed by atoms with Crippen molar-refractivity contribution in [3.63, 3.8) is 0 Å². The van der Waals surface area contributed by atoms with Crippen molar-refractivity contribution in [1.29, 1.82) is 0 Å². The summed E-state index contributed by atoms with van der Waals surface area (Å²) in [5.41, 5.74) is -1.80. The number of pyridine rings is 1. The lowest BCUT2D eigenvalue weighted by Crippen LogP contribution is -2.35. The summed E-state index contributed by atoms with van der Waals surface area (Å²) in [6.45, 7) is 1.53. The molecule has 1 aliphatic rings. The van der Waals surface area contributed by atoms with E-state index in [-0.39, 0.29) is 25.3 Å². The number of hydrogen-bond acceptors (Lipinski definition) is 4. The highest BCUT2D eigenvalue weighted by atomic mass is 32.2. The molecule has 1 fully saturated rings. The summed E-state index contributed by atoms with van der Waals surface area (Å²) in [6, 6.07) is 2.31. The lowest BCUT2D eigenvalue weighted by Gasteiger charge is -2.21. The van der Waals surface area contributed by atoms with Crippen LogP contribution in [0.4, 0.5) is 13.2 Å². The predicted octanol–water partition coefficient (Wildman–Crippen LogP) is 1.75. The maximum atomic E-state index is 12.9. The van der Waals surface area contributed by atoms with Crippen LogP contribution in [0.25, 0.3) is 0 Å². The first-order chi connectivity index (χ1) is 10.1. The van der Waals surface area contributed by atoms with Crippen LogP contribution in [0.15, 0.2) is 18.3 Å². The van der Waals surface area contributed by atoms with Crippen LogP contribution in [0.1, 0.15) is 29.4 Å². The van der Waals surface area contributed by atoms with Gasteiger partial charge in [0.15, 0.2) is 15.5 Å². The van der Waals surface area contributed by atoms with Crippen LogP contribution >= 0.6 is 0 Å². The summed E-state index contributed by atoms with van der Waals surface area (Å²) in [6.07, 6.45) is -3.57. The summed E-state index contributed by atoms with van der Waals surface area (Å²) in [4.78, 5) is 16.7. The van der Waals surface area contributed by atoms with Crippen molar-refractivity contribution < 1.29 is 26.4 Å². The molecule has 0 aliphatic carbocycles. The van der Waals surface area contributed by atoms with Crippen LogP contribution in [0.5, 0.6) is 0 Å². The van der Waals surface area contributed by atoms with Gasteiger partial charge in [-0.15, -0.1) is 0 Å². The van der Waals surface area contributed by atoms with E-state index in [0.717, 1.165) is 17.2 Å². The fourth-order valence-electron chi connectivity index (χ4n) is 2.24. The normalized spacial score (nSPS) is 22.2. The van der Waals surface area contributed by atoms with Gasteiger partial charge in [-0.05, 0) is 25.5 Å². The third kappa shape index (κ3) is 3.40. The van der Waals surface area contributed by atoms with Crippen LogP contribution in [0.2, 0.25) is 0 Å². The minimum atomic E-state index is -4.74. The van der Waals surface area contributed by atoms with Gasteiger partial charge in [-0.3, -0.25) is 9.78 Å². The van der Waals surface area contributed by atoms with Gasteiger partial charge in [-0.25, -0.2) is 8.42 Å². The second-order valence-electron chi connectivity index (χ2n) is 5.16. The number of alkyl halides is 3. The van der Waals surface area contributed by atoms with E-state index in [0.29, 0.717) is 0 Å². The Morgan fingerprint density at radius 1 is 1.36 bits per heavy atom. The number of halogens is 3. The lowest BCUT2D eigenvalue weighted by atomic mass is 10.1. The summed E-state index contributed by atoms with van der Waals surface area (Å²) in [5.74, 6) is -1.09. The van der Waals surface area contributed by atoms with Crippen molar-refractivity contribution in [2.45, 2.75) is 24.8 Å². The Hall–Kier alpha value is -1.64. The zero-order chi connectivity index (χ0) is 16.5. The number of sulfone groups is 1. The van der Waals surface area contributed by atoms with Crippen molar-refractivity contribution in [1.82, 2.24) is 9.88 Å². The van der Waals surface area contributed by atoms with Gasteiger partial charge in [0.1, 0.15) is 0 Å². The van der Waals surface area contributed by atoms with Crippen molar-refractivity contribution in [3.8, 4) is 0 Å². The number of aromatic nitrogens is 1. The standard InChI is InChI=1S/C13H15F3N2O3S/c1-9-4-6-18(7-8-22(9,20)21)12(19)10-3-2-5-17-11(10)13(14,15)16/h2-3,5,9H,4,6-8H2,1H3/t9-/m0/s1. The molecule has 122 valence electrons. The molecule has 0 saturated carbocycles. The molecule has 0 bridgehead atoms. The number of carbonyl (C=O) groups is 1. The summed E-state index contributed by atoms with van der Waals surface area (Å²) >= 11 is 0. The number of amides is 1. The maximum absolute atomic E-state index is 12.9. The molecule has 0 spiro atoms. The van der Waals surface area contributed by atoms with Gasteiger partial charge in [-0.1, -0.05) is 0 Å². The zero-order valence-electron chi connectivity index (χ0n) is 11.8. The van der Waals surface area contributed by atoms with Crippen molar-refractivity contribution in [3.05, 3.63) is 29.6 Å². The first kappa shape index (κ1) is 16.7. The number of hydrogen-bond donors (Lipinski definition) is 0. The summed E-state index contributed by atoms with van der Waals surface area (Å²) in [7, 11) is -3.32. The molecule has 0 unspecified atom stereocenters. The van der Waals surface area contributed by atoms with E-state index in [2.05, 4.69) is 4.98 Å². The highest BCUT2D eigenvalue weighted by Crippen LogP contribution is 2.30. The Morgan fingerprint density at radius 3 is 2.68 bits per heavy atom. The largest absolute Gasteiger partial charge is 0.434 e. The van der Waals surface area contributed by atoms with Gasteiger partial charge in [-0.2, -0.15) is 13.2 Å². The molecule has 1 aromatic rings. The molecule has 1 amide bonds. The maximum Gasteiger partial charge on any atom is 0.434 e. The summed E-state index contributed by atoms with van der Waals surface area (Å²) < 4.78 is 62.3. The molecule has 2 heterocycles. The Bertz CT molecular complexity index is 673. The van der Waals surface area contributed by atoms with E-state index in [1.807, 2.05) is 0 Å². The molecule has 1 saturated heterocycles. The Morgan fingerprint density at radius 2 is 2.05 bits per heavy atom. The second-order valence-corrected chi connectivity index (χ2v) is 7.69. The molecule has 22 heavy (non-hydrogen) atoms. The number of nitrogens with zero attached hydrogens (tertiary/aromatic N) is 2. The van der Waals surface area contributed by atoms with Crippen LogP contribution in [0.3, 0.4) is 0 Å². The third-order valence-electron chi connectivity index (χ3n) is 3.66. The second kappa shape index (κ2) is 5.86. The van der Waals surface area contributed by atoms with Crippen molar-refractivity contribution in [2.75, 3.05) is 18.8 Å². The minimum absolute atomic E-state index is 0.103. The van der Waals surface area contributed by atoms with E-state index in [1.54, 1.807) is 0 Å². The van der Waals surface area contributed by atoms with E-state index in [4.69, 9.17) is 0 Å². The molecule has 0 aromatic carbocycles. The summed E-state index contributed by atoms with van der Waals surface area (Å²) in [5, 5.41) is -0.610. The van der Waals surface area contributed by atoms with E-state index < -0.39 is 38.4 Å². The van der Waals surface area contributed by atoms with E-state index in [1.165, 1.54) is 13.0 Å². The van der Waals surface area contributed by atoms with Gasteiger partial charge in [0.05, 0.1) is 16.6 Å². The van der Waals surface area contributed by atoms with Crippen LogP contribution in [-0.4, -0.2) is 48.3 Å². The predicted molar refractivity (Wildman–Crippen MR) is 73.0 cm³/mol. The smallest absolute Gasteiger partial charge is 0.338 e. The SMILES string of the molecule is C[C@H]1CCN(C(=O)c2cccnc2C(F)(F)F)CCS1(=O)=O. The molecular formula is C13H15F3N2O3S. The number of carbonyl (C=O) groups excluding carboxylic acids is 1. The average Bonchev–Trinajstić information content (AvgIpc) is 2.57. The van der Waals surface area contributed by atoms with Gasteiger partial charge in [0.25, 0.3) is 5.91 Å². The topological polar surface area (TPSA) is 67.3 Å². The van der Waals surface area contributed by atoms with Gasteiger partial charge >= 0.3 is 6.18 Å². The molecule has 1 aliphatic heterocycles. The van der Waals surface area contributed by atoms with Crippen molar-refractivity contribution >= 4 is 15.7 Å². The average molecular weight is 336 g/mol. The first-order valence-electron chi connectivity index (χ1n) is 6.66. The van der Waals surface area contributed by atoms with Crippen molar-refractivity contribution in [2.24, 2.45) is 0 Å². The third-order valence-corrected chi connectivity index (χ3v) is 5.87. The molecule has 1 aromatic heterocycles. The quantitative estimate of drug-likeness (QED) is 0.784. The fourth-order valence-corrected chi connectivity index (χ4v) is 3.59. The Balaban J connectivity index is 2.30. The molecule has 0 radical (unpaired) electrons. The Labute approximate surface area is 126 Å². The van der Waals surface area contributed by atoms with Crippen LogP contribution < -0.4 is 0 Å². The van der Waals surface area contributed by atoms with Gasteiger partial charge in [0, 0.05) is 19.3 Å². The van der Waals surface area contributed by atoms with Gasteiger partial charge < -0.3 is 4.90 Å².